The van der Waals surface area contributed by atoms with E-state index in [2.05, 4.69) is 31.0 Å². The summed E-state index contributed by atoms with van der Waals surface area (Å²) >= 11 is 6.31. The van der Waals surface area contributed by atoms with Crippen molar-refractivity contribution in [3.63, 3.8) is 0 Å². The van der Waals surface area contributed by atoms with Crippen LogP contribution in [0.5, 0.6) is 0 Å². The summed E-state index contributed by atoms with van der Waals surface area (Å²) in [6, 6.07) is 7.51. The Kier molecular flexibility index (Phi) is 7.80. The number of aromatic nitrogens is 4. The molecule has 0 spiro atoms. The number of carbonyl (C=O) groups excluding carboxylic acids is 1. The van der Waals surface area contributed by atoms with Gasteiger partial charge in [0.2, 0.25) is 11.9 Å². The average molecular weight is 455 g/mol. The molecule has 9 nitrogen and oxygen atoms in total. The highest BCUT2D eigenvalue weighted by Gasteiger charge is 2.12. The second kappa shape index (κ2) is 10.7. The predicted molar refractivity (Wildman–Crippen MR) is 128 cm³/mol. The van der Waals surface area contributed by atoms with Gasteiger partial charge in [0, 0.05) is 31.6 Å². The van der Waals surface area contributed by atoms with Gasteiger partial charge in [-0.15, -0.1) is 0 Å². The van der Waals surface area contributed by atoms with Gasteiger partial charge in [0.1, 0.15) is 5.02 Å². The number of nitrogens with zero attached hydrogens (tertiary/aromatic N) is 5. The molecule has 2 heterocycles. The fourth-order valence-corrected chi connectivity index (χ4v) is 3.02. The first-order valence-electron chi connectivity index (χ1n) is 10.1. The maximum atomic E-state index is 12.1. The zero-order valence-corrected chi connectivity index (χ0v) is 19.3. The Hall–Kier alpha value is -3.43. The SMILES string of the molecule is CC(Nc1nc(Nc2cnn(C)c2)ncc1Cl)c1cccc(NC(=O)/C=C/CN(C)C)c1. The van der Waals surface area contributed by atoms with Gasteiger partial charge in [-0.3, -0.25) is 9.48 Å². The van der Waals surface area contributed by atoms with Crippen LogP contribution in [0.25, 0.3) is 0 Å². The van der Waals surface area contributed by atoms with E-state index in [1.807, 2.05) is 69.5 Å². The number of halogens is 1. The fraction of sp³-hybridized carbons (Fsp3) is 0.273. The summed E-state index contributed by atoms with van der Waals surface area (Å²) in [5.74, 6) is 0.735. The number of likely N-dealkylation sites (N-methyl/N-ethyl adjacent to an activating group) is 1. The van der Waals surface area contributed by atoms with Crippen molar-refractivity contribution in [2.24, 2.45) is 7.05 Å². The molecule has 32 heavy (non-hydrogen) atoms. The van der Waals surface area contributed by atoms with E-state index >= 15 is 0 Å². The standard InChI is InChI=1S/C22H27ClN8O/c1-15(16-7-5-8-17(11-16)27-20(32)9-6-10-30(2)3)26-21-19(23)13-24-22(29-21)28-18-12-25-31(4)14-18/h5-9,11-15H,10H2,1-4H3,(H,27,32)(H2,24,26,28,29)/b9-6+. The molecule has 0 radical (unpaired) electrons. The highest BCUT2D eigenvalue weighted by atomic mass is 35.5. The van der Waals surface area contributed by atoms with Gasteiger partial charge >= 0.3 is 0 Å². The second-order valence-corrected chi connectivity index (χ2v) is 7.97. The molecule has 0 aliphatic rings. The van der Waals surface area contributed by atoms with Crippen LogP contribution in [0.1, 0.15) is 18.5 Å². The Morgan fingerprint density at radius 2 is 2.09 bits per heavy atom. The number of rotatable bonds is 9. The van der Waals surface area contributed by atoms with Crippen molar-refractivity contribution in [2.45, 2.75) is 13.0 Å². The summed E-state index contributed by atoms with van der Waals surface area (Å²) in [5.41, 5.74) is 2.46. The minimum absolute atomic E-state index is 0.116. The number of nitrogens with one attached hydrogen (secondary N) is 3. The van der Waals surface area contributed by atoms with Crippen molar-refractivity contribution in [1.82, 2.24) is 24.6 Å². The van der Waals surface area contributed by atoms with Crippen LogP contribution in [-0.2, 0) is 11.8 Å². The van der Waals surface area contributed by atoms with E-state index < -0.39 is 0 Å². The lowest BCUT2D eigenvalue weighted by Crippen LogP contribution is -2.13. The summed E-state index contributed by atoms with van der Waals surface area (Å²) in [5, 5.41) is 13.8. The molecule has 0 saturated carbocycles. The Bertz CT molecular complexity index is 1100. The van der Waals surface area contributed by atoms with Crippen molar-refractivity contribution in [3.8, 4) is 0 Å². The minimum atomic E-state index is -0.172. The molecule has 0 saturated heterocycles. The number of carbonyl (C=O) groups is 1. The van der Waals surface area contributed by atoms with Gasteiger partial charge in [-0.25, -0.2) is 4.98 Å². The molecule has 0 aliphatic carbocycles. The van der Waals surface area contributed by atoms with Crippen LogP contribution in [0.15, 0.2) is 55.0 Å². The monoisotopic (exact) mass is 454 g/mol. The van der Waals surface area contributed by atoms with Gasteiger partial charge < -0.3 is 20.9 Å². The maximum absolute atomic E-state index is 12.1. The minimum Gasteiger partial charge on any atom is -0.362 e. The topological polar surface area (TPSA) is 100 Å². The lowest BCUT2D eigenvalue weighted by atomic mass is 10.1. The molecule has 1 atom stereocenters. The van der Waals surface area contributed by atoms with E-state index in [1.54, 1.807) is 17.1 Å². The molecule has 0 fully saturated rings. The normalized spacial score (nSPS) is 12.2. The molecule has 0 aliphatic heterocycles. The van der Waals surface area contributed by atoms with Crippen molar-refractivity contribution in [1.29, 1.82) is 0 Å². The van der Waals surface area contributed by atoms with Crippen molar-refractivity contribution >= 4 is 40.6 Å². The predicted octanol–water partition coefficient (Wildman–Crippen LogP) is 3.84. The number of hydrogen-bond donors (Lipinski definition) is 3. The summed E-state index contributed by atoms with van der Waals surface area (Å²) in [4.78, 5) is 22.8. The Labute approximate surface area is 192 Å². The van der Waals surface area contributed by atoms with E-state index in [-0.39, 0.29) is 11.9 Å². The third-order valence-corrected chi connectivity index (χ3v) is 4.73. The maximum Gasteiger partial charge on any atom is 0.248 e. The molecular weight excluding hydrogens is 428 g/mol. The Morgan fingerprint density at radius 1 is 1.28 bits per heavy atom. The van der Waals surface area contributed by atoms with Gasteiger partial charge in [-0.2, -0.15) is 10.1 Å². The van der Waals surface area contributed by atoms with Gasteiger partial charge in [-0.1, -0.05) is 29.8 Å². The molecule has 3 aromatic rings. The molecule has 1 unspecified atom stereocenters. The second-order valence-electron chi connectivity index (χ2n) is 7.56. The molecular formula is C22H27ClN8O. The largest absolute Gasteiger partial charge is 0.362 e. The summed E-state index contributed by atoms with van der Waals surface area (Å²) < 4.78 is 1.68. The molecule has 3 N–H and O–H groups in total. The number of anilines is 4. The van der Waals surface area contributed by atoms with E-state index in [0.717, 1.165) is 11.3 Å². The first-order valence-corrected chi connectivity index (χ1v) is 10.4. The van der Waals surface area contributed by atoms with Crippen molar-refractivity contribution in [3.05, 3.63) is 65.6 Å². The van der Waals surface area contributed by atoms with Crippen LogP contribution in [0, 0.1) is 0 Å². The van der Waals surface area contributed by atoms with Crippen LogP contribution in [0.3, 0.4) is 0 Å². The Morgan fingerprint density at radius 3 is 2.81 bits per heavy atom. The molecule has 2 aromatic heterocycles. The van der Waals surface area contributed by atoms with Crippen LogP contribution >= 0.6 is 11.6 Å². The summed E-state index contributed by atoms with van der Waals surface area (Å²) in [7, 11) is 5.73. The number of benzene rings is 1. The number of aryl methyl sites for hydroxylation is 1. The van der Waals surface area contributed by atoms with Crippen molar-refractivity contribution < 1.29 is 4.79 Å². The summed E-state index contributed by atoms with van der Waals surface area (Å²) in [6.07, 6.45) is 8.40. The average Bonchev–Trinajstić information content (AvgIpc) is 3.15. The van der Waals surface area contributed by atoms with Gasteiger partial charge in [0.25, 0.3) is 0 Å². The quantitative estimate of drug-likeness (QED) is 0.422. The molecule has 0 bridgehead atoms. The third-order valence-electron chi connectivity index (χ3n) is 4.45. The zero-order valence-electron chi connectivity index (χ0n) is 18.5. The Balaban J connectivity index is 1.67. The molecule has 1 aromatic carbocycles. The van der Waals surface area contributed by atoms with Gasteiger partial charge in [0.15, 0.2) is 5.82 Å². The molecule has 10 heteroatoms. The zero-order chi connectivity index (χ0) is 23.1. The fourth-order valence-electron chi connectivity index (χ4n) is 2.87. The number of hydrogen-bond acceptors (Lipinski definition) is 7. The van der Waals surface area contributed by atoms with Crippen LogP contribution in [0.2, 0.25) is 5.02 Å². The van der Waals surface area contributed by atoms with Crippen LogP contribution in [0.4, 0.5) is 23.1 Å². The number of amides is 1. The van der Waals surface area contributed by atoms with Crippen LogP contribution < -0.4 is 16.0 Å². The lowest BCUT2D eigenvalue weighted by Gasteiger charge is -2.17. The van der Waals surface area contributed by atoms with Gasteiger partial charge in [-0.05, 0) is 38.7 Å². The highest BCUT2D eigenvalue weighted by Crippen LogP contribution is 2.26. The lowest BCUT2D eigenvalue weighted by molar-refractivity contribution is -0.111. The van der Waals surface area contributed by atoms with E-state index in [1.165, 1.54) is 6.08 Å². The van der Waals surface area contributed by atoms with E-state index in [0.29, 0.717) is 29.0 Å². The van der Waals surface area contributed by atoms with Crippen molar-refractivity contribution in [2.75, 3.05) is 36.6 Å². The van der Waals surface area contributed by atoms with Gasteiger partial charge in [0.05, 0.1) is 24.1 Å². The van der Waals surface area contributed by atoms with E-state index in [4.69, 9.17) is 11.6 Å². The first kappa shape index (κ1) is 23.2. The smallest absolute Gasteiger partial charge is 0.248 e. The first-order chi connectivity index (χ1) is 15.3. The highest BCUT2D eigenvalue weighted by molar-refractivity contribution is 6.32. The summed E-state index contributed by atoms with van der Waals surface area (Å²) in [6.45, 7) is 2.69. The van der Waals surface area contributed by atoms with E-state index in [9.17, 15) is 4.79 Å². The molecule has 168 valence electrons. The third kappa shape index (κ3) is 6.79. The molecule has 1 amide bonds. The molecule has 3 rings (SSSR count). The van der Waals surface area contributed by atoms with Crippen LogP contribution in [-0.4, -0.2) is 51.2 Å².